The van der Waals surface area contributed by atoms with Gasteiger partial charge in [-0.3, -0.25) is 4.79 Å². The van der Waals surface area contributed by atoms with E-state index in [0.717, 1.165) is 0 Å². The van der Waals surface area contributed by atoms with Gasteiger partial charge in [0.05, 0.1) is 30.7 Å². The van der Waals surface area contributed by atoms with Crippen LogP contribution >= 0.6 is 34.8 Å². The summed E-state index contributed by atoms with van der Waals surface area (Å²) in [4.78, 5) is 12.1. The van der Waals surface area contributed by atoms with Gasteiger partial charge in [-0.25, -0.2) is 0 Å². The van der Waals surface area contributed by atoms with E-state index < -0.39 is 5.97 Å². The van der Waals surface area contributed by atoms with Crippen molar-refractivity contribution in [1.82, 2.24) is 0 Å². The lowest BCUT2D eigenvalue weighted by Crippen LogP contribution is -2.12. The molecule has 0 atom stereocenters. The maximum Gasteiger partial charge on any atom is 0.315 e. The van der Waals surface area contributed by atoms with Crippen molar-refractivity contribution < 1.29 is 19.0 Å². The van der Waals surface area contributed by atoms with Gasteiger partial charge < -0.3 is 14.2 Å². The summed E-state index contributed by atoms with van der Waals surface area (Å²) in [7, 11) is 3.06. The van der Waals surface area contributed by atoms with Crippen LogP contribution in [-0.4, -0.2) is 20.2 Å². The molecule has 0 amide bonds. The van der Waals surface area contributed by atoms with E-state index in [1.165, 1.54) is 26.4 Å². The van der Waals surface area contributed by atoms with Crippen molar-refractivity contribution in [2.45, 2.75) is 6.42 Å². The van der Waals surface area contributed by atoms with Crippen molar-refractivity contribution in [3.8, 4) is 17.2 Å². The van der Waals surface area contributed by atoms with Crippen molar-refractivity contribution in [2.75, 3.05) is 14.2 Å². The van der Waals surface area contributed by atoms with Crippen LogP contribution in [0.5, 0.6) is 17.2 Å². The lowest BCUT2D eigenvalue weighted by molar-refractivity contribution is -0.133. The maximum atomic E-state index is 12.1. The number of carbonyl (C=O) groups excluding carboxylic acids is 1. The Labute approximate surface area is 148 Å². The van der Waals surface area contributed by atoms with E-state index in [1.54, 1.807) is 18.2 Å². The molecular formula is C16H13Cl3O4. The number of hydrogen-bond acceptors (Lipinski definition) is 4. The molecule has 2 rings (SSSR count). The predicted molar refractivity (Wildman–Crippen MR) is 90.4 cm³/mol. The summed E-state index contributed by atoms with van der Waals surface area (Å²) < 4.78 is 15.6. The molecule has 122 valence electrons. The van der Waals surface area contributed by atoms with E-state index in [0.29, 0.717) is 22.1 Å². The lowest BCUT2D eigenvalue weighted by Gasteiger charge is -2.11. The fourth-order valence-corrected chi connectivity index (χ4v) is 2.83. The zero-order chi connectivity index (χ0) is 17.0. The first-order chi connectivity index (χ1) is 10.9. The van der Waals surface area contributed by atoms with Crippen molar-refractivity contribution in [3.05, 3.63) is 51.0 Å². The van der Waals surface area contributed by atoms with Crippen LogP contribution in [0, 0.1) is 0 Å². The SMILES string of the molecule is COc1ccc(CC(=O)Oc2c(Cl)cc(Cl)cc2Cl)cc1OC. The van der Waals surface area contributed by atoms with Crippen molar-refractivity contribution in [1.29, 1.82) is 0 Å². The highest BCUT2D eigenvalue weighted by atomic mass is 35.5. The predicted octanol–water partition coefficient (Wildman–Crippen LogP) is 4.81. The number of methoxy groups -OCH3 is 2. The van der Waals surface area contributed by atoms with Crippen LogP contribution in [0.4, 0.5) is 0 Å². The molecule has 0 radical (unpaired) electrons. The molecular weight excluding hydrogens is 363 g/mol. The molecule has 0 saturated heterocycles. The summed E-state index contributed by atoms with van der Waals surface area (Å²) in [6.45, 7) is 0. The van der Waals surface area contributed by atoms with E-state index >= 15 is 0 Å². The smallest absolute Gasteiger partial charge is 0.315 e. The van der Waals surface area contributed by atoms with E-state index in [1.807, 2.05) is 0 Å². The van der Waals surface area contributed by atoms with Gasteiger partial charge in [-0.05, 0) is 29.8 Å². The number of rotatable bonds is 5. The van der Waals surface area contributed by atoms with Gasteiger partial charge in [0.15, 0.2) is 17.2 Å². The molecule has 0 aromatic heterocycles. The Morgan fingerprint density at radius 2 is 1.57 bits per heavy atom. The first kappa shape index (κ1) is 17.7. The molecule has 0 aliphatic rings. The van der Waals surface area contributed by atoms with Crippen LogP contribution in [0.1, 0.15) is 5.56 Å². The van der Waals surface area contributed by atoms with Gasteiger partial charge >= 0.3 is 5.97 Å². The van der Waals surface area contributed by atoms with Crippen molar-refractivity contribution >= 4 is 40.8 Å². The number of ether oxygens (including phenoxy) is 3. The summed E-state index contributed by atoms with van der Waals surface area (Å²) in [5.41, 5.74) is 0.703. The van der Waals surface area contributed by atoms with Crippen LogP contribution in [-0.2, 0) is 11.2 Å². The van der Waals surface area contributed by atoms with Crippen LogP contribution in [0.2, 0.25) is 15.1 Å². The highest BCUT2D eigenvalue weighted by Gasteiger charge is 2.15. The second-order valence-electron chi connectivity index (χ2n) is 4.54. The van der Waals surface area contributed by atoms with E-state index in [4.69, 9.17) is 49.0 Å². The molecule has 0 aliphatic carbocycles. The van der Waals surface area contributed by atoms with Crippen LogP contribution in [0.3, 0.4) is 0 Å². The number of halogens is 3. The minimum atomic E-state index is -0.511. The molecule has 2 aromatic carbocycles. The molecule has 2 aromatic rings. The minimum absolute atomic E-state index is 0.0235. The summed E-state index contributed by atoms with van der Waals surface area (Å²) in [6.07, 6.45) is 0.0235. The van der Waals surface area contributed by atoms with Crippen LogP contribution in [0.25, 0.3) is 0 Å². The lowest BCUT2D eigenvalue weighted by atomic mass is 10.1. The van der Waals surface area contributed by atoms with Gasteiger partial charge in [-0.15, -0.1) is 0 Å². The maximum absolute atomic E-state index is 12.1. The van der Waals surface area contributed by atoms with Gasteiger partial charge in [-0.2, -0.15) is 0 Å². The Kier molecular flexibility index (Phi) is 5.99. The van der Waals surface area contributed by atoms with Gasteiger partial charge in [0.25, 0.3) is 0 Å². The molecule has 0 bridgehead atoms. The van der Waals surface area contributed by atoms with Gasteiger partial charge in [0.1, 0.15) is 0 Å². The second-order valence-corrected chi connectivity index (χ2v) is 5.79. The van der Waals surface area contributed by atoms with Crippen LogP contribution in [0.15, 0.2) is 30.3 Å². The number of benzene rings is 2. The van der Waals surface area contributed by atoms with Gasteiger partial charge in [-0.1, -0.05) is 40.9 Å². The molecule has 4 nitrogen and oxygen atoms in total. The normalized spacial score (nSPS) is 10.3. The van der Waals surface area contributed by atoms with E-state index in [9.17, 15) is 4.79 Å². The van der Waals surface area contributed by atoms with Gasteiger partial charge in [0.2, 0.25) is 0 Å². The largest absolute Gasteiger partial charge is 0.493 e. The number of esters is 1. The van der Waals surface area contributed by atoms with Crippen LogP contribution < -0.4 is 14.2 Å². The van der Waals surface area contributed by atoms with E-state index in [2.05, 4.69) is 0 Å². The molecule has 0 saturated carbocycles. The topological polar surface area (TPSA) is 44.8 Å². The fourth-order valence-electron chi connectivity index (χ4n) is 1.93. The molecule has 23 heavy (non-hydrogen) atoms. The Morgan fingerprint density at radius 3 is 2.13 bits per heavy atom. The third kappa shape index (κ3) is 4.44. The zero-order valence-electron chi connectivity index (χ0n) is 12.4. The van der Waals surface area contributed by atoms with Crippen molar-refractivity contribution in [2.24, 2.45) is 0 Å². The summed E-state index contributed by atoms with van der Waals surface area (Å²) in [6, 6.07) is 8.06. The number of carbonyl (C=O) groups is 1. The molecule has 0 heterocycles. The monoisotopic (exact) mass is 374 g/mol. The van der Waals surface area contributed by atoms with Crippen molar-refractivity contribution in [3.63, 3.8) is 0 Å². The van der Waals surface area contributed by atoms with Gasteiger partial charge in [0, 0.05) is 5.02 Å². The summed E-state index contributed by atoms with van der Waals surface area (Å²) in [5.74, 6) is 0.681. The molecule has 7 heteroatoms. The molecule has 0 fully saturated rings. The fraction of sp³-hybridized carbons (Fsp3) is 0.188. The average Bonchev–Trinajstić information content (AvgIpc) is 2.50. The Balaban J connectivity index is 2.14. The highest BCUT2D eigenvalue weighted by molar-refractivity contribution is 6.40. The Hall–Kier alpha value is -1.62. The minimum Gasteiger partial charge on any atom is -0.493 e. The zero-order valence-corrected chi connectivity index (χ0v) is 14.6. The van der Waals surface area contributed by atoms with E-state index in [-0.39, 0.29) is 22.2 Å². The third-order valence-electron chi connectivity index (χ3n) is 2.98. The Bertz CT molecular complexity index is 708. The Morgan fingerprint density at radius 1 is 0.957 bits per heavy atom. The quantitative estimate of drug-likeness (QED) is 0.555. The summed E-state index contributed by atoms with van der Waals surface area (Å²) in [5, 5.41) is 0.700. The second kappa shape index (κ2) is 7.77. The average molecular weight is 376 g/mol. The molecule has 0 aliphatic heterocycles. The summed E-state index contributed by atoms with van der Waals surface area (Å²) >= 11 is 17.8. The molecule has 0 N–H and O–H groups in total. The first-order valence-corrected chi connectivity index (χ1v) is 7.64. The number of hydrogen-bond donors (Lipinski definition) is 0. The standard InChI is InChI=1S/C16H13Cl3O4/c1-21-13-4-3-9(5-14(13)22-2)6-15(20)23-16-11(18)7-10(17)8-12(16)19/h3-5,7-8H,6H2,1-2H3. The highest BCUT2D eigenvalue weighted by Crippen LogP contribution is 2.36. The first-order valence-electron chi connectivity index (χ1n) is 6.50. The molecule has 0 unspecified atom stereocenters. The molecule has 0 spiro atoms. The third-order valence-corrected chi connectivity index (χ3v) is 3.76.